The van der Waals surface area contributed by atoms with Crippen molar-refractivity contribution in [3.05, 3.63) is 37.2 Å². The zero-order valence-corrected chi connectivity index (χ0v) is 8.98. The van der Waals surface area contributed by atoms with E-state index in [9.17, 15) is 0 Å². The Balaban J connectivity index is 2.10. The van der Waals surface area contributed by atoms with Gasteiger partial charge in [-0.25, -0.2) is 15.0 Å². The summed E-state index contributed by atoms with van der Waals surface area (Å²) in [5.41, 5.74) is 0.839. The van der Waals surface area contributed by atoms with Gasteiger partial charge in [-0.1, -0.05) is 0 Å². The van der Waals surface area contributed by atoms with Gasteiger partial charge in [0, 0.05) is 24.0 Å². The monoisotopic (exact) mass is 229 g/mol. The number of imidazole rings is 1. The number of aromatic nitrogens is 5. The molecular weight excluding hydrogens is 222 g/mol. The van der Waals surface area contributed by atoms with E-state index in [-0.39, 0.29) is 0 Å². The lowest BCUT2D eigenvalue weighted by Crippen LogP contribution is -1.88. The van der Waals surface area contributed by atoms with Gasteiger partial charge >= 0.3 is 0 Å². The van der Waals surface area contributed by atoms with Crippen molar-refractivity contribution in [2.75, 3.05) is 0 Å². The Labute approximate surface area is 95.4 Å². The fraction of sp³-hybridized carbons (Fsp3) is 0. The average molecular weight is 229 g/mol. The minimum atomic E-state index is 0.816. The van der Waals surface area contributed by atoms with E-state index in [0.717, 1.165) is 21.1 Å². The molecule has 3 aromatic heterocycles. The Morgan fingerprint density at radius 3 is 3.00 bits per heavy atom. The first-order valence-corrected chi connectivity index (χ1v) is 5.47. The molecule has 3 aromatic rings. The number of H-pyrrole nitrogens is 1. The van der Waals surface area contributed by atoms with Gasteiger partial charge in [0.2, 0.25) is 0 Å². The molecule has 0 bridgehead atoms. The van der Waals surface area contributed by atoms with E-state index in [1.807, 2.05) is 6.07 Å². The second-order valence-corrected chi connectivity index (χ2v) is 4.05. The number of nitrogens with one attached hydrogen (secondary N) is 1. The summed E-state index contributed by atoms with van der Waals surface area (Å²) in [5.74, 6) is 0. The van der Waals surface area contributed by atoms with Crippen molar-refractivity contribution in [3.63, 3.8) is 0 Å². The summed E-state index contributed by atoms with van der Waals surface area (Å²) >= 11 is 1.48. The predicted molar refractivity (Wildman–Crippen MR) is 60.0 cm³/mol. The SMILES string of the molecule is c1cc2c(Sc3ncc[nH]3)ncnc2cn1. The Morgan fingerprint density at radius 2 is 2.12 bits per heavy atom. The molecule has 0 atom stereocenters. The third-order valence-electron chi connectivity index (χ3n) is 2.07. The van der Waals surface area contributed by atoms with Crippen molar-refractivity contribution in [3.8, 4) is 0 Å². The molecule has 0 fully saturated rings. The van der Waals surface area contributed by atoms with Crippen LogP contribution in [0.4, 0.5) is 0 Å². The molecule has 1 N–H and O–H groups in total. The van der Waals surface area contributed by atoms with Crippen molar-refractivity contribution in [1.82, 2.24) is 24.9 Å². The maximum absolute atomic E-state index is 4.25. The van der Waals surface area contributed by atoms with Gasteiger partial charge in [0.05, 0.1) is 11.7 Å². The zero-order chi connectivity index (χ0) is 10.8. The highest BCUT2D eigenvalue weighted by Crippen LogP contribution is 2.27. The number of hydrogen-bond donors (Lipinski definition) is 1. The highest BCUT2D eigenvalue weighted by Gasteiger charge is 2.06. The molecule has 0 aromatic carbocycles. The molecule has 0 unspecified atom stereocenters. The Hall–Kier alpha value is -1.95. The number of hydrogen-bond acceptors (Lipinski definition) is 5. The van der Waals surface area contributed by atoms with Crippen molar-refractivity contribution in [2.45, 2.75) is 10.2 Å². The molecule has 5 nitrogen and oxygen atoms in total. The van der Waals surface area contributed by atoms with Crippen LogP contribution in [0.2, 0.25) is 0 Å². The minimum absolute atomic E-state index is 0.816. The first-order valence-electron chi connectivity index (χ1n) is 4.65. The molecule has 0 aliphatic rings. The van der Waals surface area contributed by atoms with Crippen LogP contribution in [0.5, 0.6) is 0 Å². The molecular formula is C10H7N5S. The van der Waals surface area contributed by atoms with Crippen molar-refractivity contribution in [2.24, 2.45) is 0 Å². The molecule has 0 saturated carbocycles. The molecule has 0 spiro atoms. The Bertz CT molecular complexity index is 602. The molecule has 3 heterocycles. The van der Waals surface area contributed by atoms with E-state index >= 15 is 0 Å². The molecule has 0 radical (unpaired) electrons. The van der Waals surface area contributed by atoms with Crippen LogP contribution in [0.25, 0.3) is 10.9 Å². The van der Waals surface area contributed by atoms with Gasteiger partial charge in [0.1, 0.15) is 11.4 Å². The van der Waals surface area contributed by atoms with Crippen molar-refractivity contribution >= 4 is 22.7 Å². The van der Waals surface area contributed by atoms with E-state index < -0.39 is 0 Å². The highest BCUT2D eigenvalue weighted by molar-refractivity contribution is 7.99. The Morgan fingerprint density at radius 1 is 1.12 bits per heavy atom. The summed E-state index contributed by atoms with van der Waals surface area (Å²) in [6, 6.07) is 1.90. The lowest BCUT2D eigenvalue weighted by molar-refractivity contribution is 1.04. The lowest BCUT2D eigenvalue weighted by Gasteiger charge is -2.01. The minimum Gasteiger partial charge on any atom is -0.339 e. The van der Waals surface area contributed by atoms with E-state index in [2.05, 4.69) is 24.9 Å². The molecule has 6 heteroatoms. The van der Waals surface area contributed by atoms with Gasteiger partial charge in [-0.3, -0.25) is 4.98 Å². The number of pyridine rings is 1. The van der Waals surface area contributed by atoms with Gasteiger partial charge in [-0.15, -0.1) is 0 Å². The Kier molecular flexibility index (Phi) is 2.26. The van der Waals surface area contributed by atoms with Crippen molar-refractivity contribution < 1.29 is 0 Å². The van der Waals surface area contributed by atoms with Gasteiger partial charge in [0.15, 0.2) is 5.16 Å². The summed E-state index contributed by atoms with van der Waals surface area (Å²) in [5, 5.41) is 2.68. The van der Waals surface area contributed by atoms with E-state index in [0.29, 0.717) is 0 Å². The molecule has 3 rings (SSSR count). The van der Waals surface area contributed by atoms with Crippen LogP contribution in [0.3, 0.4) is 0 Å². The van der Waals surface area contributed by atoms with Gasteiger partial charge in [-0.2, -0.15) is 0 Å². The highest BCUT2D eigenvalue weighted by atomic mass is 32.2. The van der Waals surface area contributed by atoms with Crippen LogP contribution < -0.4 is 0 Å². The average Bonchev–Trinajstić information content (AvgIpc) is 2.82. The molecule has 78 valence electrons. The second-order valence-electron chi connectivity index (χ2n) is 3.07. The normalized spacial score (nSPS) is 10.8. The van der Waals surface area contributed by atoms with Crippen molar-refractivity contribution in [1.29, 1.82) is 0 Å². The van der Waals surface area contributed by atoms with Crippen LogP contribution in [0.1, 0.15) is 0 Å². The van der Waals surface area contributed by atoms with E-state index in [1.165, 1.54) is 18.1 Å². The third kappa shape index (κ3) is 1.63. The quantitative estimate of drug-likeness (QED) is 0.680. The number of fused-ring (bicyclic) bond motifs is 1. The number of nitrogens with zero attached hydrogens (tertiary/aromatic N) is 4. The molecule has 0 aliphatic heterocycles. The molecule has 0 saturated heterocycles. The topological polar surface area (TPSA) is 67.3 Å². The fourth-order valence-electron chi connectivity index (χ4n) is 1.36. The van der Waals surface area contributed by atoms with Crippen LogP contribution in [0, 0.1) is 0 Å². The maximum Gasteiger partial charge on any atom is 0.171 e. The summed E-state index contributed by atoms with van der Waals surface area (Å²) < 4.78 is 0. The van der Waals surface area contributed by atoms with Crippen LogP contribution in [-0.2, 0) is 0 Å². The maximum atomic E-state index is 4.25. The standard InChI is InChI=1S/C10H7N5S/c1-2-11-5-8-7(1)9(15-6-14-8)16-10-12-3-4-13-10/h1-6H,(H,12,13). The predicted octanol–water partition coefficient (Wildman–Crippen LogP) is 1.90. The summed E-state index contributed by atoms with van der Waals surface area (Å²) in [6.07, 6.45) is 8.50. The summed E-state index contributed by atoms with van der Waals surface area (Å²) in [4.78, 5) is 19.6. The molecule has 0 amide bonds. The smallest absolute Gasteiger partial charge is 0.171 e. The molecule has 0 aliphatic carbocycles. The third-order valence-corrected chi connectivity index (χ3v) is 3.00. The molecule has 16 heavy (non-hydrogen) atoms. The van der Waals surface area contributed by atoms with Gasteiger partial charge in [-0.05, 0) is 17.8 Å². The van der Waals surface area contributed by atoms with Crippen LogP contribution >= 0.6 is 11.8 Å². The van der Waals surface area contributed by atoms with E-state index in [4.69, 9.17) is 0 Å². The second kappa shape index (κ2) is 3.90. The van der Waals surface area contributed by atoms with Gasteiger partial charge in [0.25, 0.3) is 0 Å². The number of rotatable bonds is 2. The van der Waals surface area contributed by atoms with Crippen LogP contribution in [0.15, 0.2) is 47.4 Å². The number of aromatic amines is 1. The van der Waals surface area contributed by atoms with Crippen LogP contribution in [-0.4, -0.2) is 24.9 Å². The largest absolute Gasteiger partial charge is 0.339 e. The first-order chi connectivity index (χ1) is 7.93. The zero-order valence-electron chi connectivity index (χ0n) is 8.16. The fourth-order valence-corrected chi connectivity index (χ4v) is 2.17. The van der Waals surface area contributed by atoms with Gasteiger partial charge < -0.3 is 4.98 Å². The first kappa shape index (κ1) is 9.29. The summed E-state index contributed by atoms with van der Waals surface area (Å²) in [7, 11) is 0. The summed E-state index contributed by atoms with van der Waals surface area (Å²) in [6.45, 7) is 0. The van der Waals surface area contributed by atoms with E-state index in [1.54, 1.807) is 24.8 Å². The lowest BCUT2D eigenvalue weighted by atomic mass is 10.3.